The summed E-state index contributed by atoms with van der Waals surface area (Å²) in [6, 6.07) is 3.95. The average molecular weight is 176 g/mol. The summed E-state index contributed by atoms with van der Waals surface area (Å²) in [7, 11) is -3.79. The van der Waals surface area contributed by atoms with Crippen LogP contribution in [0.15, 0.2) is 0 Å². The molecule has 0 aromatic heterocycles. The van der Waals surface area contributed by atoms with E-state index in [1.165, 1.54) is 0 Å². The Morgan fingerprint density at radius 3 is 1.10 bits per heavy atom. The summed E-state index contributed by atoms with van der Waals surface area (Å²) in [4.78, 5) is 0. The average Bonchev–Trinajstić information content (AvgIpc) is 2.15. The molecule has 0 saturated carbocycles. The topological polar surface area (TPSA) is 0 Å². The second-order valence-electron chi connectivity index (χ2n) is 2.62. The zero-order valence-electron chi connectivity index (χ0n) is 9.83. The van der Waals surface area contributed by atoms with Crippen LogP contribution in [0.1, 0.15) is 27.7 Å². The lowest BCUT2D eigenvalue weighted by Gasteiger charge is -2.18. The summed E-state index contributed by atoms with van der Waals surface area (Å²) in [5, 5.41) is 0. The smallest absolute Gasteiger partial charge is 0.0274 e. The molecule has 0 N–H and O–H groups in total. The van der Waals surface area contributed by atoms with Crippen LogP contribution in [-0.2, 0) is 0 Å². The van der Waals surface area contributed by atoms with Crippen molar-refractivity contribution in [2.75, 3.05) is 0 Å². The maximum absolute atomic E-state index is 8.39. The van der Waals surface area contributed by atoms with Gasteiger partial charge in [-0.15, -0.1) is 0 Å². The molecule has 0 spiro atoms. The van der Waals surface area contributed by atoms with Crippen molar-refractivity contribution in [1.29, 1.82) is 2.47 Å². The molecule has 0 amide bonds. The third-order valence-corrected chi connectivity index (χ3v) is 13.9. The summed E-state index contributed by atoms with van der Waals surface area (Å²) >= 11 is 0. The highest BCUT2D eigenvalue weighted by Gasteiger charge is 2.16. The number of hydrogen-bond donors (Lipinski definition) is 0. The van der Waals surface area contributed by atoms with Crippen LogP contribution in [0, 0.1) is 0 Å². The van der Waals surface area contributed by atoms with Gasteiger partial charge < -0.3 is 0 Å². The molecule has 0 heterocycles. The van der Waals surface area contributed by atoms with Gasteiger partial charge in [-0.25, -0.2) is 0 Å². The first-order valence-electron chi connectivity index (χ1n) is 5.49. The molecule has 10 heavy (non-hydrogen) atoms. The minimum Gasteiger partial charge on any atom is -0.0682 e. The molecule has 0 aliphatic rings. The molecule has 2 heteroatoms. The van der Waals surface area contributed by atoms with Crippen LogP contribution in [-0.4, -0.2) is 19.0 Å². The lowest BCUT2D eigenvalue weighted by atomic mass is 10.9. The van der Waals surface area contributed by atoms with E-state index in [1.54, 1.807) is 0 Å². The highest BCUT2D eigenvalue weighted by molar-refractivity contribution is 7.22. The van der Waals surface area contributed by atoms with E-state index in [0.29, 0.717) is 0 Å². The van der Waals surface area contributed by atoms with Crippen molar-refractivity contribution in [3.8, 4) is 0 Å². The molecule has 0 nitrogen and oxygen atoms in total. The number of hydrogen-bond acceptors (Lipinski definition) is 0. The van der Waals surface area contributed by atoms with E-state index < -0.39 is 16.5 Å². The van der Waals surface area contributed by atoms with Crippen molar-refractivity contribution in [2.45, 2.75) is 51.9 Å². The molecule has 0 rings (SSSR count). The van der Waals surface area contributed by atoms with Gasteiger partial charge in [-0.05, 0) is 0 Å². The molecular formula is C8H22Si2. The van der Waals surface area contributed by atoms with E-state index in [0.717, 1.165) is 24.2 Å². The maximum Gasteiger partial charge on any atom is 0.0274 e. The third-order valence-electron chi connectivity index (χ3n) is 2.21. The molecular weight excluding hydrogens is 152 g/mol. The van der Waals surface area contributed by atoms with Gasteiger partial charge in [-0.3, -0.25) is 0 Å². The highest BCUT2D eigenvalue weighted by atomic mass is 29.2. The van der Waals surface area contributed by atoms with Gasteiger partial charge >= 0.3 is 0 Å². The van der Waals surface area contributed by atoms with Crippen LogP contribution in [0.3, 0.4) is 0 Å². The Hall–Kier alpha value is 0.434. The lowest BCUT2D eigenvalue weighted by molar-refractivity contribution is 1.29. The van der Waals surface area contributed by atoms with Crippen LogP contribution in [0.2, 0.25) is 24.2 Å². The molecule has 0 aromatic rings. The first kappa shape index (κ1) is 7.10. The van der Waals surface area contributed by atoms with Crippen molar-refractivity contribution >= 4 is 16.5 Å². The molecule has 62 valence electrons. The van der Waals surface area contributed by atoms with Crippen molar-refractivity contribution in [2.24, 2.45) is 0 Å². The Morgan fingerprint density at radius 2 is 1.00 bits per heavy atom. The van der Waals surface area contributed by atoms with Crippen LogP contribution >= 0.6 is 0 Å². The second kappa shape index (κ2) is 6.16. The standard InChI is InChI=1S/C8H22Si2/c1-5-9(6-2)10(7-3)8-4/h9-10H,5-8H2,1-4H3/i9D,10D. The van der Waals surface area contributed by atoms with E-state index in [-0.39, 0.29) is 0 Å². The molecule has 0 aromatic carbocycles. The molecule has 0 aliphatic heterocycles. The fourth-order valence-electron chi connectivity index (χ4n) is 1.50. The van der Waals surface area contributed by atoms with E-state index in [4.69, 9.17) is 2.47 Å². The molecule has 0 aliphatic carbocycles. The summed E-state index contributed by atoms with van der Waals surface area (Å²) in [6.45, 7) is 8.46. The van der Waals surface area contributed by atoms with Crippen LogP contribution < -0.4 is 0 Å². The largest absolute Gasteiger partial charge is 0.0682 e. The Balaban J connectivity index is 4.66. The molecule has 0 fully saturated rings. The van der Waals surface area contributed by atoms with Gasteiger partial charge in [0.1, 0.15) is 0 Å². The summed E-state index contributed by atoms with van der Waals surface area (Å²) < 4.78 is 16.8. The fourth-order valence-corrected chi connectivity index (χ4v) is 10.5. The van der Waals surface area contributed by atoms with Crippen LogP contribution in [0.4, 0.5) is 0 Å². The minimum atomic E-state index is -1.90. The first-order chi connectivity index (χ1) is 5.49. The normalized spacial score (nSPS) is 16.4. The van der Waals surface area contributed by atoms with Gasteiger partial charge in [-0.2, -0.15) is 0 Å². The maximum atomic E-state index is 8.39. The van der Waals surface area contributed by atoms with Gasteiger partial charge in [0.2, 0.25) is 0 Å². The lowest BCUT2D eigenvalue weighted by Crippen LogP contribution is -2.32. The Kier molecular flexibility index (Phi) is 4.38. The summed E-state index contributed by atoms with van der Waals surface area (Å²) in [5.74, 6) is 0. The predicted octanol–water partition coefficient (Wildman–Crippen LogP) is 2.60. The Bertz CT molecular complexity index is 115. The molecule has 0 radical (unpaired) electrons. The first-order valence-corrected chi connectivity index (χ1v) is 9.32. The Labute approximate surface area is 71.5 Å². The van der Waals surface area contributed by atoms with Gasteiger partial charge in [0, 0.05) is 19.0 Å². The predicted molar refractivity (Wildman–Crippen MR) is 56.2 cm³/mol. The van der Waals surface area contributed by atoms with Gasteiger partial charge in [0.25, 0.3) is 0 Å². The monoisotopic (exact) mass is 176 g/mol. The van der Waals surface area contributed by atoms with E-state index >= 15 is 0 Å². The molecule has 0 saturated heterocycles. The van der Waals surface area contributed by atoms with Gasteiger partial charge in [0.05, 0.1) is 0 Å². The second-order valence-corrected chi connectivity index (χ2v) is 12.1. The van der Waals surface area contributed by atoms with E-state index in [1.807, 2.05) is 0 Å². The fraction of sp³-hybridized carbons (Fsp3) is 1.00. The zero-order valence-corrected chi connectivity index (χ0v) is 9.83. The van der Waals surface area contributed by atoms with Gasteiger partial charge in [-0.1, -0.05) is 51.9 Å². The highest BCUT2D eigenvalue weighted by Crippen LogP contribution is 2.09. The Morgan fingerprint density at radius 1 is 0.800 bits per heavy atom. The van der Waals surface area contributed by atoms with E-state index in [9.17, 15) is 0 Å². The van der Waals surface area contributed by atoms with E-state index in [2.05, 4.69) is 27.7 Å². The quantitative estimate of drug-likeness (QED) is 0.565. The van der Waals surface area contributed by atoms with Crippen molar-refractivity contribution < 1.29 is 0 Å². The zero-order chi connectivity index (χ0) is 9.83. The number of rotatable bonds is 5. The van der Waals surface area contributed by atoms with Crippen molar-refractivity contribution in [1.82, 2.24) is 0 Å². The van der Waals surface area contributed by atoms with Crippen LogP contribution in [0.5, 0.6) is 0 Å². The molecule has 0 bridgehead atoms. The minimum absolute atomic E-state index is 0.987. The SMILES string of the molecule is [2H][Si](CC)(CC)[Si]([2H])(CC)CC. The van der Waals surface area contributed by atoms with Crippen molar-refractivity contribution in [3.63, 3.8) is 0 Å². The molecule has 0 unspecified atom stereocenters. The summed E-state index contributed by atoms with van der Waals surface area (Å²) in [5.41, 5.74) is 0. The van der Waals surface area contributed by atoms with Gasteiger partial charge in [0.15, 0.2) is 0 Å². The van der Waals surface area contributed by atoms with Crippen molar-refractivity contribution in [3.05, 3.63) is 0 Å². The third kappa shape index (κ3) is 3.01. The van der Waals surface area contributed by atoms with Crippen LogP contribution in [0.25, 0.3) is 0 Å². The molecule has 0 atom stereocenters. The summed E-state index contributed by atoms with van der Waals surface area (Å²) in [6.07, 6.45) is 0.